The maximum absolute atomic E-state index is 12.4. The van der Waals surface area contributed by atoms with Crippen molar-refractivity contribution in [2.24, 2.45) is 23.7 Å². The maximum atomic E-state index is 12.4. The van der Waals surface area contributed by atoms with E-state index in [0.29, 0.717) is 30.9 Å². The Labute approximate surface area is 101 Å². The number of ether oxygens (including phenoxy) is 1. The van der Waals surface area contributed by atoms with Gasteiger partial charge in [0.05, 0.1) is 6.54 Å². The Morgan fingerprint density at radius 2 is 2.06 bits per heavy atom. The molecule has 1 saturated heterocycles. The predicted molar refractivity (Wildman–Crippen MR) is 61.1 cm³/mol. The van der Waals surface area contributed by atoms with Crippen LogP contribution in [0.5, 0.6) is 0 Å². The van der Waals surface area contributed by atoms with Crippen molar-refractivity contribution in [3.8, 4) is 0 Å². The van der Waals surface area contributed by atoms with Gasteiger partial charge in [0.15, 0.2) is 0 Å². The summed E-state index contributed by atoms with van der Waals surface area (Å²) in [6.45, 7) is 2.89. The minimum absolute atomic E-state index is 0.0237. The second-order valence-electron chi connectivity index (χ2n) is 5.28. The number of hydrogen-bond donors (Lipinski definition) is 0. The van der Waals surface area contributed by atoms with E-state index >= 15 is 0 Å². The number of cyclic esters (lactones) is 1. The molecule has 0 unspecified atom stereocenters. The molecule has 4 heteroatoms. The third-order valence-corrected chi connectivity index (χ3v) is 4.45. The van der Waals surface area contributed by atoms with Crippen LogP contribution in [-0.4, -0.2) is 30.1 Å². The maximum Gasteiger partial charge on any atom is 0.416 e. The summed E-state index contributed by atoms with van der Waals surface area (Å²) in [5, 5.41) is 0. The minimum Gasteiger partial charge on any atom is -0.447 e. The molecule has 0 aromatic rings. The molecule has 4 rings (SSSR count). The van der Waals surface area contributed by atoms with Gasteiger partial charge < -0.3 is 4.74 Å². The van der Waals surface area contributed by atoms with Crippen LogP contribution in [0.15, 0.2) is 12.2 Å². The number of carbonyl (C=O) groups excluding carboxylic acids is 2. The van der Waals surface area contributed by atoms with E-state index in [2.05, 4.69) is 19.1 Å². The molecule has 1 heterocycles. The zero-order valence-corrected chi connectivity index (χ0v) is 9.96. The summed E-state index contributed by atoms with van der Waals surface area (Å²) >= 11 is 0. The van der Waals surface area contributed by atoms with Crippen molar-refractivity contribution >= 4 is 12.0 Å². The van der Waals surface area contributed by atoms with Gasteiger partial charge in [-0.3, -0.25) is 4.79 Å². The van der Waals surface area contributed by atoms with Crippen LogP contribution in [0.1, 0.15) is 19.8 Å². The fourth-order valence-corrected chi connectivity index (χ4v) is 3.44. The quantitative estimate of drug-likeness (QED) is 0.651. The van der Waals surface area contributed by atoms with E-state index in [0.717, 1.165) is 6.42 Å². The Hall–Kier alpha value is -1.32. The number of nitrogens with zero attached hydrogens (tertiary/aromatic N) is 1. The summed E-state index contributed by atoms with van der Waals surface area (Å²) in [5.41, 5.74) is 0. The Kier molecular flexibility index (Phi) is 2.45. The Morgan fingerprint density at radius 3 is 2.59 bits per heavy atom. The SMILES string of the molecule is C[C@H]1[C@H](C(=O)N2CCOC2=O)[C@@H]2C=C[C@H]1CC2. The molecular formula is C13H17NO3. The van der Waals surface area contributed by atoms with Crippen molar-refractivity contribution in [3.05, 3.63) is 12.2 Å². The van der Waals surface area contributed by atoms with Crippen LogP contribution in [0.3, 0.4) is 0 Å². The van der Waals surface area contributed by atoms with E-state index in [1.165, 1.54) is 11.3 Å². The van der Waals surface area contributed by atoms with Crippen LogP contribution in [0.25, 0.3) is 0 Å². The number of amides is 2. The number of rotatable bonds is 1. The second kappa shape index (κ2) is 3.86. The third-order valence-electron chi connectivity index (χ3n) is 4.45. The molecule has 0 radical (unpaired) electrons. The van der Waals surface area contributed by atoms with Gasteiger partial charge in [-0.15, -0.1) is 0 Å². The van der Waals surface area contributed by atoms with Gasteiger partial charge in [0, 0.05) is 5.92 Å². The number of imide groups is 1. The van der Waals surface area contributed by atoms with Gasteiger partial charge in [-0.05, 0) is 30.6 Å². The summed E-state index contributed by atoms with van der Waals surface area (Å²) in [4.78, 5) is 25.1. The molecule has 2 bridgehead atoms. The largest absolute Gasteiger partial charge is 0.447 e. The van der Waals surface area contributed by atoms with Crippen molar-refractivity contribution in [1.82, 2.24) is 4.90 Å². The number of allylic oxidation sites excluding steroid dienone is 2. The zero-order chi connectivity index (χ0) is 12.0. The summed E-state index contributed by atoms with van der Waals surface area (Å²) in [6, 6.07) is 0. The second-order valence-corrected chi connectivity index (χ2v) is 5.28. The van der Waals surface area contributed by atoms with E-state index in [9.17, 15) is 9.59 Å². The lowest BCUT2D eigenvalue weighted by molar-refractivity contribution is -0.137. The molecule has 1 saturated carbocycles. The standard InChI is InChI=1S/C13H17NO3/c1-8-9-2-4-10(5-3-9)11(8)12(15)14-6-7-17-13(14)16/h2,4,8-11H,3,5-7H2,1H3/t8-,9+,10-,11+/m1/s1. The van der Waals surface area contributed by atoms with Crippen LogP contribution in [-0.2, 0) is 9.53 Å². The lowest BCUT2D eigenvalue weighted by Crippen LogP contribution is -2.47. The predicted octanol–water partition coefficient (Wildman–Crippen LogP) is 1.81. The van der Waals surface area contributed by atoms with Gasteiger partial charge in [-0.1, -0.05) is 19.1 Å². The molecule has 0 aromatic heterocycles. The Morgan fingerprint density at radius 1 is 1.35 bits per heavy atom. The van der Waals surface area contributed by atoms with Crippen LogP contribution < -0.4 is 0 Å². The van der Waals surface area contributed by atoms with Gasteiger partial charge in [-0.2, -0.15) is 0 Å². The lowest BCUT2D eigenvalue weighted by Gasteiger charge is -2.43. The molecule has 92 valence electrons. The number of hydrogen-bond acceptors (Lipinski definition) is 3. The Bertz CT molecular complexity index is 390. The van der Waals surface area contributed by atoms with Crippen LogP contribution >= 0.6 is 0 Å². The molecule has 0 aromatic carbocycles. The highest BCUT2D eigenvalue weighted by Crippen LogP contribution is 2.45. The normalized spacial score (nSPS) is 39.6. The first-order valence-electron chi connectivity index (χ1n) is 6.35. The zero-order valence-electron chi connectivity index (χ0n) is 9.96. The first kappa shape index (κ1) is 10.8. The molecule has 2 fully saturated rings. The molecular weight excluding hydrogens is 218 g/mol. The smallest absolute Gasteiger partial charge is 0.416 e. The Balaban J connectivity index is 1.82. The highest BCUT2D eigenvalue weighted by atomic mass is 16.6. The van der Waals surface area contributed by atoms with Gasteiger partial charge in [0.1, 0.15) is 6.61 Å². The van der Waals surface area contributed by atoms with Crippen molar-refractivity contribution in [3.63, 3.8) is 0 Å². The van der Waals surface area contributed by atoms with Gasteiger partial charge in [-0.25, -0.2) is 9.69 Å². The number of carbonyl (C=O) groups is 2. The topological polar surface area (TPSA) is 46.6 Å². The van der Waals surface area contributed by atoms with E-state index in [1.54, 1.807) is 0 Å². The van der Waals surface area contributed by atoms with Crippen LogP contribution in [0, 0.1) is 23.7 Å². The average Bonchev–Trinajstić information content (AvgIpc) is 2.76. The molecule has 1 aliphatic heterocycles. The average molecular weight is 235 g/mol. The fraction of sp³-hybridized carbons (Fsp3) is 0.692. The number of fused-ring (bicyclic) bond motifs is 2. The first-order valence-corrected chi connectivity index (χ1v) is 6.35. The molecule has 3 aliphatic carbocycles. The van der Waals surface area contributed by atoms with Gasteiger partial charge >= 0.3 is 6.09 Å². The lowest BCUT2D eigenvalue weighted by atomic mass is 9.62. The molecule has 4 nitrogen and oxygen atoms in total. The van der Waals surface area contributed by atoms with E-state index in [-0.39, 0.29) is 11.8 Å². The first-order chi connectivity index (χ1) is 8.18. The molecule has 4 atom stereocenters. The van der Waals surface area contributed by atoms with Gasteiger partial charge in [0.25, 0.3) is 0 Å². The fourth-order valence-electron chi connectivity index (χ4n) is 3.44. The molecule has 2 amide bonds. The third kappa shape index (κ3) is 1.58. The summed E-state index contributed by atoms with van der Waals surface area (Å²) in [7, 11) is 0. The highest BCUT2D eigenvalue weighted by molar-refractivity contribution is 5.94. The van der Waals surface area contributed by atoms with E-state index in [1.807, 2.05) is 0 Å². The highest BCUT2D eigenvalue weighted by Gasteiger charge is 2.45. The molecule has 0 spiro atoms. The summed E-state index contributed by atoms with van der Waals surface area (Å²) < 4.78 is 4.84. The summed E-state index contributed by atoms with van der Waals surface area (Å²) in [6.07, 6.45) is 6.19. The van der Waals surface area contributed by atoms with Gasteiger partial charge in [0.2, 0.25) is 5.91 Å². The van der Waals surface area contributed by atoms with Crippen molar-refractivity contribution in [2.45, 2.75) is 19.8 Å². The van der Waals surface area contributed by atoms with Crippen molar-refractivity contribution in [2.75, 3.05) is 13.2 Å². The van der Waals surface area contributed by atoms with Crippen LogP contribution in [0.2, 0.25) is 0 Å². The van der Waals surface area contributed by atoms with E-state index < -0.39 is 6.09 Å². The van der Waals surface area contributed by atoms with E-state index in [4.69, 9.17) is 4.74 Å². The molecule has 4 aliphatic rings. The summed E-state index contributed by atoms with van der Waals surface area (Å²) in [5.74, 6) is 1.12. The minimum atomic E-state index is -0.465. The molecule has 17 heavy (non-hydrogen) atoms. The van der Waals surface area contributed by atoms with Crippen LogP contribution in [0.4, 0.5) is 4.79 Å². The van der Waals surface area contributed by atoms with Crippen molar-refractivity contribution in [1.29, 1.82) is 0 Å². The molecule has 0 N–H and O–H groups in total. The monoisotopic (exact) mass is 235 g/mol. The van der Waals surface area contributed by atoms with Crippen molar-refractivity contribution < 1.29 is 14.3 Å².